The van der Waals surface area contributed by atoms with Crippen molar-refractivity contribution in [3.8, 4) is 0 Å². The van der Waals surface area contributed by atoms with Crippen LogP contribution in [0.2, 0.25) is 0 Å². The summed E-state index contributed by atoms with van der Waals surface area (Å²) in [6.07, 6.45) is 3.28. The highest BCUT2D eigenvalue weighted by molar-refractivity contribution is 7.98. The molecule has 2 unspecified atom stereocenters. The van der Waals surface area contributed by atoms with E-state index in [1.807, 2.05) is 32.1 Å². The van der Waals surface area contributed by atoms with Crippen molar-refractivity contribution in [3.63, 3.8) is 0 Å². The van der Waals surface area contributed by atoms with Crippen LogP contribution in [0.1, 0.15) is 77.9 Å². The van der Waals surface area contributed by atoms with E-state index < -0.39 is 29.4 Å². The van der Waals surface area contributed by atoms with E-state index in [1.165, 1.54) is 23.9 Å². The molecule has 2 heterocycles. The number of thioether (sulfide) groups is 1. The van der Waals surface area contributed by atoms with Gasteiger partial charge >= 0.3 is 12.1 Å². The maximum absolute atomic E-state index is 13.9. The smallest absolute Gasteiger partial charge is 0.416 e. The third-order valence-corrected chi connectivity index (χ3v) is 8.71. The van der Waals surface area contributed by atoms with Gasteiger partial charge in [-0.05, 0) is 61.2 Å². The molecule has 2 aliphatic rings. The molecule has 5 rings (SSSR count). The van der Waals surface area contributed by atoms with Gasteiger partial charge < -0.3 is 20.7 Å². The first kappa shape index (κ1) is 34.1. The van der Waals surface area contributed by atoms with E-state index in [-0.39, 0.29) is 35.2 Å². The maximum Gasteiger partial charge on any atom is 0.416 e. The molecule has 1 aliphatic heterocycles. The Labute approximate surface area is 264 Å². The van der Waals surface area contributed by atoms with E-state index >= 15 is 0 Å². The average molecular weight is 642 g/mol. The Balaban J connectivity index is 0.00000226. The number of aromatic nitrogens is 1. The van der Waals surface area contributed by atoms with Crippen LogP contribution in [-0.4, -0.2) is 46.1 Å². The Morgan fingerprint density at radius 1 is 1.02 bits per heavy atom. The standard InChI is InChI=1S/C32H32F3N3O4S.C2H6/c33-32(34,35)23-9-8-21-15-28(37-26(21)16-23)30(41)24-17-25-20(6-2-1-3-11-36-25)14-27(24)38-31(42)22-7-4-5-19(13-22)18-43-12-10-29(39)40;1-2/h4-5,7-9,13-17,20,25,36-37H,1-3,6,10-12,18H2,(H,38,42)(H,39,40);1-2H3. The van der Waals surface area contributed by atoms with Crippen molar-refractivity contribution >= 4 is 40.3 Å². The molecule has 1 saturated heterocycles. The number of Topliss-reactive ketones (excluding diaryl/α,β-unsaturated/α-hetero) is 1. The first-order valence-electron chi connectivity index (χ1n) is 15.2. The number of H-pyrrole nitrogens is 1. The summed E-state index contributed by atoms with van der Waals surface area (Å²) in [5.74, 6) is -0.627. The number of hydrogen-bond donors (Lipinski definition) is 4. The van der Waals surface area contributed by atoms with Gasteiger partial charge in [0.2, 0.25) is 5.78 Å². The zero-order valence-corrected chi connectivity index (χ0v) is 26.1. The predicted molar refractivity (Wildman–Crippen MR) is 171 cm³/mol. The molecule has 0 radical (unpaired) electrons. The molecule has 45 heavy (non-hydrogen) atoms. The minimum atomic E-state index is -4.51. The number of amides is 1. The second kappa shape index (κ2) is 15.4. The SMILES string of the molecule is CC.O=C(O)CCSCc1cccc(C(=O)NC2=CC3CCCCCNC3C=C2C(=O)c2cc3ccc(C(F)(F)F)cc3[nH]2)c1. The average Bonchev–Trinajstić information content (AvgIpc) is 3.44. The van der Waals surface area contributed by atoms with Gasteiger partial charge in [-0.15, -0.1) is 0 Å². The fourth-order valence-electron chi connectivity index (χ4n) is 5.45. The van der Waals surface area contributed by atoms with Crippen molar-refractivity contribution in [1.29, 1.82) is 0 Å². The molecule has 240 valence electrons. The van der Waals surface area contributed by atoms with E-state index in [2.05, 4.69) is 15.6 Å². The lowest BCUT2D eigenvalue weighted by atomic mass is 9.83. The highest BCUT2D eigenvalue weighted by atomic mass is 32.2. The molecule has 11 heteroatoms. The monoisotopic (exact) mass is 641 g/mol. The number of fused-ring (bicyclic) bond motifs is 2. The van der Waals surface area contributed by atoms with Crippen molar-refractivity contribution in [2.45, 2.75) is 63.9 Å². The normalized spacial score (nSPS) is 18.3. The van der Waals surface area contributed by atoms with Gasteiger partial charge in [0.1, 0.15) is 0 Å². The second-order valence-electron chi connectivity index (χ2n) is 10.8. The van der Waals surface area contributed by atoms with Gasteiger partial charge in [0.25, 0.3) is 5.91 Å². The van der Waals surface area contributed by atoms with Crippen LogP contribution in [0.3, 0.4) is 0 Å². The molecule has 1 aliphatic carbocycles. The quantitative estimate of drug-likeness (QED) is 0.142. The number of allylic oxidation sites excluding steroid dienone is 1. The Morgan fingerprint density at radius 2 is 1.82 bits per heavy atom. The Bertz CT molecular complexity index is 1590. The summed E-state index contributed by atoms with van der Waals surface area (Å²) in [7, 11) is 0. The van der Waals surface area contributed by atoms with Gasteiger partial charge in [-0.25, -0.2) is 0 Å². The van der Waals surface area contributed by atoms with E-state index in [9.17, 15) is 27.6 Å². The number of ketones is 1. The summed E-state index contributed by atoms with van der Waals surface area (Å²) in [5.41, 5.74) is 1.42. The van der Waals surface area contributed by atoms with Crippen molar-refractivity contribution in [2.75, 3.05) is 12.3 Å². The lowest BCUT2D eigenvalue weighted by Crippen LogP contribution is -2.40. The molecule has 0 saturated carbocycles. The number of halogens is 3. The highest BCUT2D eigenvalue weighted by Crippen LogP contribution is 2.33. The lowest BCUT2D eigenvalue weighted by molar-refractivity contribution is -0.138. The summed E-state index contributed by atoms with van der Waals surface area (Å²) in [6.45, 7) is 4.79. The molecule has 0 spiro atoms. The molecular weight excluding hydrogens is 603 g/mol. The molecule has 0 bridgehead atoms. The van der Waals surface area contributed by atoms with Gasteiger partial charge in [0.15, 0.2) is 0 Å². The lowest BCUT2D eigenvalue weighted by Gasteiger charge is -2.31. The van der Waals surface area contributed by atoms with Crippen molar-refractivity contribution < 1.29 is 32.7 Å². The number of carboxylic acid groups (broad SMARTS) is 1. The Morgan fingerprint density at radius 3 is 2.58 bits per heavy atom. The van der Waals surface area contributed by atoms with Crippen LogP contribution >= 0.6 is 11.8 Å². The largest absolute Gasteiger partial charge is 0.481 e. The zero-order chi connectivity index (χ0) is 32.6. The van der Waals surface area contributed by atoms with E-state index in [4.69, 9.17) is 5.11 Å². The third-order valence-electron chi connectivity index (χ3n) is 7.68. The predicted octanol–water partition coefficient (Wildman–Crippen LogP) is 7.51. The molecule has 3 aromatic rings. The molecule has 7 nitrogen and oxygen atoms in total. The Kier molecular flexibility index (Phi) is 11.7. The summed E-state index contributed by atoms with van der Waals surface area (Å²) in [5, 5.41) is 15.8. The number of carbonyl (C=O) groups excluding carboxylic acids is 2. The number of aliphatic carboxylic acids is 1. The summed E-state index contributed by atoms with van der Waals surface area (Å²) >= 11 is 1.46. The summed E-state index contributed by atoms with van der Waals surface area (Å²) in [4.78, 5) is 40.9. The van der Waals surface area contributed by atoms with E-state index in [1.54, 1.807) is 18.2 Å². The number of carbonyl (C=O) groups is 3. The Hall–Kier alpha value is -3.83. The first-order valence-corrected chi connectivity index (χ1v) is 16.4. The van der Waals surface area contributed by atoms with Crippen LogP contribution in [0.4, 0.5) is 13.2 Å². The van der Waals surface area contributed by atoms with Crippen LogP contribution in [0, 0.1) is 5.92 Å². The van der Waals surface area contributed by atoms with Crippen LogP contribution < -0.4 is 10.6 Å². The maximum atomic E-state index is 13.9. The molecular formula is C34H38F3N3O4S. The van der Waals surface area contributed by atoms with Crippen LogP contribution in [0.25, 0.3) is 10.9 Å². The molecule has 1 aromatic heterocycles. The van der Waals surface area contributed by atoms with Gasteiger partial charge in [-0.3, -0.25) is 14.4 Å². The summed E-state index contributed by atoms with van der Waals surface area (Å²) in [6, 6.07) is 11.8. The van der Waals surface area contributed by atoms with Gasteiger partial charge in [0, 0.05) is 45.3 Å². The van der Waals surface area contributed by atoms with Crippen molar-refractivity contribution in [1.82, 2.24) is 15.6 Å². The zero-order valence-electron chi connectivity index (χ0n) is 25.3. The third kappa shape index (κ3) is 8.88. The minimum absolute atomic E-state index is 0.0546. The van der Waals surface area contributed by atoms with Crippen LogP contribution in [0.15, 0.2) is 72.0 Å². The van der Waals surface area contributed by atoms with Crippen molar-refractivity contribution in [3.05, 3.63) is 94.3 Å². The van der Waals surface area contributed by atoms with E-state index in [0.717, 1.165) is 49.9 Å². The number of nitrogens with one attached hydrogen (secondary N) is 3. The van der Waals surface area contributed by atoms with Crippen LogP contribution in [0.5, 0.6) is 0 Å². The van der Waals surface area contributed by atoms with Crippen molar-refractivity contribution in [2.24, 2.45) is 5.92 Å². The van der Waals surface area contributed by atoms with Crippen LogP contribution in [-0.2, 0) is 16.7 Å². The number of alkyl halides is 3. The van der Waals surface area contributed by atoms with E-state index in [0.29, 0.717) is 28.2 Å². The minimum Gasteiger partial charge on any atom is -0.481 e. The van der Waals surface area contributed by atoms with Gasteiger partial charge in [-0.1, -0.05) is 57.0 Å². The molecule has 1 amide bonds. The first-order chi connectivity index (χ1) is 21.6. The van der Waals surface area contributed by atoms with Gasteiger partial charge in [0.05, 0.1) is 17.7 Å². The fraction of sp³-hybridized carbons (Fsp3) is 0.382. The number of benzene rings is 2. The molecule has 2 aromatic carbocycles. The fourth-order valence-corrected chi connectivity index (χ4v) is 6.33. The molecule has 2 atom stereocenters. The summed E-state index contributed by atoms with van der Waals surface area (Å²) < 4.78 is 39.8. The number of rotatable bonds is 9. The molecule has 1 fully saturated rings. The second-order valence-corrected chi connectivity index (χ2v) is 11.9. The highest BCUT2D eigenvalue weighted by Gasteiger charge is 2.32. The number of aromatic amines is 1. The van der Waals surface area contributed by atoms with Gasteiger partial charge in [-0.2, -0.15) is 24.9 Å². The number of carboxylic acids is 1. The molecule has 4 N–H and O–H groups in total. The number of hydrogen-bond acceptors (Lipinski definition) is 5. The topological polar surface area (TPSA) is 111 Å².